The first-order valence-corrected chi connectivity index (χ1v) is 5.89. The summed E-state index contributed by atoms with van der Waals surface area (Å²) >= 11 is 0. The summed E-state index contributed by atoms with van der Waals surface area (Å²) in [6.45, 7) is 4.29. The van der Waals surface area contributed by atoms with Crippen molar-refractivity contribution in [3.8, 4) is 5.75 Å². The lowest BCUT2D eigenvalue weighted by atomic mass is 9.98. The van der Waals surface area contributed by atoms with Crippen LogP contribution in [0, 0.1) is 13.8 Å². The van der Waals surface area contributed by atoms with Crippen LogP contribution < -0.4 is 4.74 Å². The summed E-state index contributed by atoms with van der Waals surface area (Å²) in [5.41, 5.74) is 4.04. The fourth-order valence-corrected chi connectivity index (χ4v) is 2.36. The van der Waals surface area contributed by atoms with Gasteiger partial charge >= 0.3 is 0 Å². The highest BCUT2D eigenvalue weighted by atomic mass is 16.5. The molecule has 0 unspecified atom stereocenters. The Kier molecular flexibility index (Phi) is 2.40. The summed E-state index contributed by atoms with van der Waals surface area (Å²) in [4.78, 5) is 16.7. The molecule has 0 saturated heterocycles. The molecule has 1 aliphatic heterocycles. The van der Waals surface area contributed by atoms with E-state index < -0.39 is 0 Å². The summed E-state index contributed by atoms with van der Waals surface area (Å²) in [6.07, 6.45) is 1.68. The standard InChI is InChI=1S/C15H13NO2/c1-9-6-10(2)15-12(7-9)14(17)11-4-3-5-16-13(11)8-18-15/h3-7H,8H2,1-2H3. The van der Waals surface area contributed by atoms with E-state index >= 15 is 0 Å². The van der Waals surface area contributed by atoms with Crippen molar-refractivity contribution >= 4 is 5.78 Å². The largest absolute Gasteiger partial charge is 0.486 e. The number of hydrogen-bond acceptors (Lipinski definition) is 3. The third-order valence-corrected chi connectivity index (χ3v) is 3.15. The Hall–Kier alpha value is -2.16. The van der Waals surface area contributed by atoms with Crippen molar-refractivity contribution in [3.63, 3.8) is 0 Å². The van der Waals surface area contributed by atoms with Crippen LogP contribution in [0.1, 0.15) is 32.7 Å². The highest BCUT2D eigenvalue weighted by molar-refractivity contribution is 6.12. The van der Waals surface area contributed by atoms with Gasteiger partial charge in [0.05, 0.1) is 11.3 Å². The van der Waals surface area contributed by atoms with Gasteiger partial charge in [0.15, 0.2) is 5.78 Å². The monoisotopic (exact) mass is 239 g/mol. The average molecular weight is 239 g/mol. The maximum Gasteiger partial charge on any atom is 0.198 e. The van der Waals surface area contributed by atoms with E-state index in [0.29, 0.717) is 29.2 Å². The molecule has 0 aliphatic carbocycles. The second-order valence-corrected chi connectivity index (χ2v) is 4.57. The zero-order chi connectivity index (χ0) is 12.7. The van der Waals surface area contributed by atoms with Gasteiger partial charge in [0, 0.05) is 11.8 Å². The van der Waals surface area contributed by atoms with Crippen LogP contribution in [0.25, 0.3) is 0 Å². The lowest BCUT2D eigenvalue weighted by molar-refractivity contribution is 0.103. The van der Waals surface area contributed by atoms with Crippen molar-refractivity contribution in [2.24, 2.45) is 0 Å². The molecule has 1 aromatic carbocycles. The molecule has 3 heteroatoms. The molecule has 0 saturated carbocycles. The van der Waals surface area contributed by atoms with Crippen molar-refractivity contribution in [2.75, 3.05) is 0 Å². The molecule has 18 heavy (non-hydrogen) atoms. The van der Waals surface area contributed by atoms with Crippen LogP contribution in [0.2, 0.25) is 0 Å². The van der Waals surface area contributed by atoms with Gasteiger partial charge in [-0.15, -0.1) is 0 Å². The molecule has 3 rings (SSSR count). The predicted molar refractivity (Wildman–Crippen MR) is 67.9 cm³/mol. The quantitative estimate of drug-likeness (QED) is 0.709. The highest BCUT2D eigenvalue weighted by Gasteiger charge is 2.24. The molecule has 0 amide bonds. The lowest BCUT2D eigenvalue weighted by Gasteiger charge is -2.10. The summed E-state index contributed by atoms with van der Waals surface area (Å²) in [5.74, 6) is 0.681. The van der Waals surface area contributed by atoms with Crippen molar-refractivity contribution in [3.05, 3.63) is 58.4 Å². The van der Waals surface area contributed by atoms with Crippen molar-refractivity contribution in [1.82, 2.24) is 4.98 Å². The lowest BCUT2D eigenvalue weighted by Crippen LogP contribution is -2.04. The predicted octanol–water partition coefficient (Wildman–Crippen LogP) is 2.82. The number of benzene rings is 1. The number of fused-ring (bicyclic) bond motifs is 2. The molecule has 2 aromatic rings. The van der Waals surface area contributed by atoms with Crippen molar-refractivity contribution in [2.45, 2.75) is 20.5 Å². The molecular weight excluding hydrogens is 226 g/mol. The molecule has 3 nitrogen and oxygen atoms in total. The van der Waals surface area contributed by atoms with E-state index in [0.717, 1.165) is 11.1 Å². The van der Waals surface area contributed by atoms with Crippen molar-refractivity contribution < 1.29 is 9.53 Å². The normalized spacial score (nSPS) is 13.3. The minimum Gasteiger partial charge on any atom is -0.486 e. The Morgan fingerprint density at radius 1 is 1.22 bits per heavy atom. The minimum absolute atomic E-state index is 0.00241. The van der Waals surface area contributed by atoms with Gasteiger partial charge < -0.3 is 4.74 Å². The molecule has 0 atom stereocenters. The van der Waals surface area contributed by atoms with Crippen LogP contribution in [0.4, 0.5) is 0 Å². The van der Waals surface area contributed by atoms with Gasteiger partial charge in [0.25, 0.3) is 0 Å². The second kappa shape index (κ2) is 3.95. The van der Waals surface area contributed by atoms with E-state index in [1.54, 1.807) is 18.3 Å². The number of carbonyl (C=O) groups is 1. The molecular formula is C15H13NO2. The number of hydrogen-bond donors (Lipinski definition) is 0. The number of carbonyl (C=O) groups excluding carboxylic acids is 1. The zero-order valence-electron chi connectivity index (χ0n) is 10.4. The van der Waals surface area contributed by atoms with E-state index in [1.165, 1.54) is 0 Å². The summed E-state index contributed by atoms with van der Waals surface area (Å²) < 4.78 is 5.75. The number of aryl methyl sites for hydroxylation is 2. The van der Waals surface area contributed by atoms with Gasteiger partial charge in [0.2, 0.25) is 0 Å². The molecule has 0 fully saturated rings. The first kappa shape index (κ1) is 11.0. The Bertz CT molecular complexity index is 647. The van der Waals surface area contributed by atoms with Gasteiger partial charge in [-0.2, -0.15) is 0 Å². The Balaban J connectivity index is 2.25. The van der Waals surface area contributed by atoms with Gasteiger partial charge in [-0.05, 0) is 43.2 Å². The van der Waals surface area contributed by atoms with Crippen LogP contribution >= 0.6 is 0 Å². The van der Waals surface area contributed by atoms with E-state index in [-0.39, 0.29) is 5.78 Å². The summed E-state index contributed by atoms with van der Waals surface area (Å²) in [5, 5.41) is 0. The summed E-state index contributed by atoms with van der Waals surface area (Å²) in [6, 6.07) is 7.49. The third kappa shape index (κ3) is 1.59. The first-order valence-electron chi connectivity index (χ1n) is 5.89. The van der Waals surface area contributed by atoms with Gasteiger partial charge in [-0.1, -0.05) is 6.07 Å². The number of pyridine rings is 1. The highest BCUT2D eigenvalue weighted by Crippen LogP contribution is 2.31. The molecule has 0 radical (unpaired) electrons. The maximum absolute atomic E-state index is 12.5. The third-order valence-electron chi connectivity index (χ3n) is 3.15. The molecule has 2 heterocycles. The minimum atomic E-state index is -0.00241. The van der Waals surface area contributed by atoms with Crippen LogP contribution in [-0.2, 0) is 6.61 Å². The van der Waals surface area contributed by atoms with Crippen LogP contribution in [0.15, 0.2) is 30.5 Å². The first-order chi connectivity index (χ1) is 8.66. The molecule has 1 aliphatic rings. The van der Waals surface area contributed by atoms with Gasteiger partial charge in [-0.3, -0.25) is 9.78 Å². The number of ether oxygens (including phenoxy) is 1. The zero-order valence-corrected chi connectivity index (χ0v) is 10.4. The van der Waals surface area contributed by atoms with Crippen LogP contribution in [0.3, 0.4) is 0 Å². The molecule has 0 spiro atoms. The van der Waals surface area contributed by atoms with Crippen LogP contribution in [0.5, 0.6) is 5.75 Å². The van der Waals surface area contributed by atoms with E-state index in [9.17, 15) is 4.79 Å². The average Bonchev–Trinajstić information content (AvgIpc) is 2.49. The Labute approximate surface area is 105 Å². The molecule has 90 valence electrons. The number of aromatic nitrogens is 1. The van der Waals surface area contributed by atoms with Crippen molar-refractivity contribution in [1.29, 1.82) is 0 Å². The molecule has 0 bridgehead atoms. The van der Waals surface area contributed by atoms with Gasteiger partial charge in [0.1, 0.15) is 12.4 Å². The second-order valence-electron chi connectivity index (χ2n) is 4.57. The number of ketones is 1. The topological polar surface area (TPSA) is 39.2 Å². The summed E-state index contributed by atoms with van der Waals surface area (Å²) in [7, 11) is 0. The molecule has 0 N–H and O–H groups in total. The number of nitrogens with zero attached hydrogens (tertiary/aromatic N) is 1. The van der Waals surface area contributed by atoms with Crippen LogP contribution in [-0.4, -0.2) is 10.8 Å². The maximum atomic E-state index is 12.5. The smallest absolute Gasteiger partial charge is 0.198 e. The van der Waals surface area contributed by atoms with E-state index in [2.05, 4.69) is 4.98 Å². The fourth-order valence-electron chi connectivity index (χ4n) is 2.36. The SMILES string of the molecule is Cc1cc(C)c2c(c1)C(=O)c1cccnc1CO2. The fraction of sp³-hybridized carbons (Fsp3) is 0.200. The number of rotatable bonds is 0. The van der Waals surface area contributed by atoms with Gasteiger partial charge in [-0.25, -0.2) is 0 Å². The van der Waals surface area contributed by atoms with E-state index in [4.69, 9.17) is 4.74 Å². The molecule has 1 aromatic heterocycles. The Morgan fingerprint density at radius 2 is 2.06 bits per heavy atom. The Morgan fingerprint density at radius 3 is 2.89 bits per heavy atom. The van der Waals surface area contributed by atoms with E-state index in [1.807, 2.05) is 26.0 Å².